The fourth-order valence-corrected chi connectivity index (χ4v) is 2.24. The van der Waals surface area contributed by atoms with Crippen molar-refractivity contribution in [3.05, 3.63) is 27.9 Å². The molecule has 0 aliphatic heterocycles. The average molecular weight is 267 g/mol. The second-order valence-electron chi connectivity index (χ2n) is 4.95. The van der Waals surface area contributed by atoms with Crippen LogP contribution in [-0.4, -0.2) is 10.2 Å². The Balaban J connectivity index is 2.84. The van der Waals surface area contributed by atoms with Crippen LogP contribution in [0.25, 0.3) is 10.9 Å². The molecule has 0 atom stereocenters. The van der Waals surface area contributed by atoms with Crippen molar-refractivity contribution in [2.75, 3.05) is 0 Å². The van der Waals surface area contributed by atoms with Crippen molar-refractivity contribution in [1.29, 1.82) is 0 Å². The maximum Gasteiger partial charge on any atom is 0.0961 e. The fraction of sp³-hybridized carbons (Fsp3) is 0.417. The molecule has 0 saturated carbocycles. The number of H-pyrrole nitrogens is 1. The fourth-order valence-electron chi connectivity index (χ4n) is 1.78. The summed E-state index contributed by atoms with van der Waals surface area (Å²) >= 11 is 3.55. The molecule has 1 heterocycles. The first kappa shape index (κ1) is 10.7. The van der Waals surface area contributed by atoms with Crippen LogP contribution in [0.2, 0.25) is 0 Å². The second kappa shape index (κ2) is 3.34. The molecule has 3 heteroatoms. The number of hydrogen-bond donors (Lipinski definition) is 1. The Bertz CT molecular complexity index is 506. The van der Waals surface area contributed by atoms with Gasteiger partial charge in [-0.2, -0.15) is 5.10 Å². The summed E-state index contributed by atoms with van der Waals surface area (Å²) in [6, 6.07) is 4.27. The SMILES string of the molecule is Cc1[nH]nc2c(C(C)(C)C)cc(Br)cc12. The molecular weight excluding hydrogens is 252 g/mol. The molecule has 0 amide bonds. The standard InChI is InChI=1S/C12H15BrN2/c1-7-9-5-8(13)6-10(12(2,3)4)11(9)15-14-7/h5-6H,1-4H3,(H,14,15). The smallest absolute Gasteiger partial charge is 0.0961 e. The van der Waals surface area contributed by atoms with Crippen LogP contribution in [0.4, 0.5) is 0 Å². The number of aromatic nitrogens is 2. The van der Waals surface area contributed by atoms with Gasteiger partial charge in [0.05, 0.1) is 5.52 Å². The maximum atomic E-state index is 4.38. The number of aryl methyl sites for hydroxylation is 1. The molecule has 0 spiro atoms. The lowest BCUT2D eigenvalue weighted by molar-refractivity contribution is 0.594. The highest BCUT2D eigenvalue weighted by molar-refractivity contribution is 9.10. The maximum absolute atomic E-state index is 4.38. The molecule has 15 heavy (non-hydrogen) atoms. The van der Waals surface area contributed by atoms with Gasteiger partial charge >= 0.3 is 0 Å². The summed E-state index contributed by atoms with van der Waals surface area (Å²) in [4.78, 5) is 0. The van der Waals surface area contributed by atoms with Gasteiger partial charge in [0.1, 0.15) is 0 Å². The Kier molecular flexibility index (Phi) is 2.38. The Morgan fingerprint density at radius 3 is 2.53 bits per heavy atom. The minimum absolute atomic E-state index is 0.115. The Labute approximate surface area is 98.2 Å². The van der Waals surface area contributed by atoms with Gasteiger partial charge in [0.2, 0.25) is 0 Å². The highest BCUT2D eigenvalue weighted by atomic mass is 79.9. The molecule has 0 aliphatic rings. The van der Waals surface area contributed by atoms with Gasteiger partial charge in [-0.3, -0.25) is 5.10 Å². The van der Waals surface area contributed by atoms with Crippen LogP contribution in [0.3, 0.4) is 0 Å². The molecule has 2 nitrogen and oxygen atoms in total. The molecule has 80 valence electrons. The van der Waals surface area contributed by atoms with Crippen molar-refractivity contribution >= 4 is 26.8 Å². The van der Waals surface area contributed by atoms with Gasteiger partial charge in [0, 0.05) is 15.6 Å². The number of rotatable bonds is 0. The number of hydrogen-bond acceptors (Lipinski definition) is 1. The molecule has 2 aromatic rings. The second-order valence-corrected chi connectivity index (χ2v) is 5.86. The first-order chi connectivity index (χ1) is 6.89. The van der Waals surface area contributed by atoms with Crippen molar-refractivity contribution in [3.63, 3.8) is 0 Å². The topological polar surface area (TPSA) is 28.7 Å². The van der Waals surface area contributed by atoms with Crippen molar-refractivity contribution in [2.24, 2.45) is 0 Å². The van der Waals surface area contributed by atoms with E-state index in [1.807, 2.05) is 6.92 Å². The van der Waals surface area contributed by atoms with Gasteiger partial charge in [0.15, 0.2) is 0 Å². The van der Waals surface area contributed by atoms with Crippen LogP contribution in [0.1, 0.15) is 32.0 Å². The van der Waals surface area contributed by atoms with Gasteiger partial charge in [-0.25, -0.2) is 0 Å². The number of nitrogens with one attached hydrogen (secondary N) is 1. The zero-order valence-electron chi connectivity index (χ0n) is 9.48. The lowest BCUT2D eigenvalue weighted by Gasteiger charge is -2.19. The minimum atomic E-state index is 0.115. The molecule has 1 N–H and O–H groups in total. The van der Waals surface area contributed by atoms with Crippen LogP contribution in [0.5, 0.6) is 0 Å². The monoisotopic (exact) mass is 266 g/mol. The largest absolute Gasteiger partial charge is 0.282 e. The van der Waals surface area contributed by atoms with Crippen LogP contribution < -0.4 is 0 Å². The molecule has 1 aromatic carbocycles. The van der Waals surface area contributed by atoms with E-state index in [1.54, 1.807) is 0 Å². The third kappa shape index (κ3) is 1.81. The zero-order chi connectivity index (χ0) is 11.2. The van der Waals surface area contributed by atoms with Crippen LogP contribution in [-0.2, 0) is 5.41 Å². The normalized spacial score (nSPS) is 12.3. The van der Waals surface area contributed by atoms with Crippen LogP contribution in [0, 0.1) is 6.92 Å². The minimum Gasteiger partial charge on any atom is -0.282 e. The first-order valence-electron chi connectivity index (χ1n) is 5.04. The van der Waals surface area contributed by atoms with Crippen molar-refractivity contribution in [1.82, 2.24) is 10.2 Å². The van der Waals surface area contributed by atoms with E-state index in [1.165, 1.54) is 10.9 Å². The molecule has 0 saturated heterocycles. The Hall–Kier alpha value is -0.830. The number of halogens is 1. The summed E-state index contributed by atoms with van der Waals surface area (Å²) in [5.41, 5.74) is 3.60. The Morgan fingerprint density at radius 2 is 1.93 bits per heavy atom. The third-order valence-corrected chi connectivity index (χ3v) is 3.08. The predicted octanol–water partition coefficient (Wildman–Crippen LogP) is 3.93. The van der Waals surface area contributed by atoms with Crippen molar-refractivity contribution in [2.45, 2.75) is 33.1 Å². The quantitative estimate of drug-likeness (QED) is 0.769. The molecular formula is C12H15BrN2. The van der Waals surface area contributed by atoms with E-state index in [0.29, 0.717) is 0 Å². The summed E-state index contributed by atoms with van der Waals surface area (Å²) in [6.45, 7) is 8.67. The van der Waals surface area contributed by atoms with Gasteiger partial charge in [-0.05, 0) is 30.0 Å². The Morgan fingerprint density at radius 1 is 1.27 bits per heavy atom. The third-order valence-electron chi connectivity index (χ3n) is 2.62. The van der Waals surface area contributed by atoms with Crippen molar-refractivity contribution < 1.29 is 0 Å². The lowest BCUT2D eigenvalue weighted by Crippen LogP contribution is -2.11. The number of benzene rings is 1. The summed E-state index contributed by atoms with van der Waals surface area (Å²) in [5, 5.41) is 8.63. The number of fused-ring (bicyclic) bond motifs is 1. The van der Waals surface area contributed by atoms with E-state index in [0.717, 1.165) is 15.7 Å². The molecule has 1 aromatic heterocycles. The lowest BCUT2D eigenvalue weighted by atomic mass is 9.85. The van der Waals surface area contributed by atoms with Gasteiger partial charge in [-0.15, -0.1) is 0 Å². The predicted molar refractivity (Wildman–Crippen MR) is 67.2 cm³/mol. The van der Waals surface area contributed by atoms with Crippen LogP contribution in [0.15, 0.2) is 16.6 Å². The highest BCUT2D eigenvalue weighted by Crippen LogP contribution is 2.32. The summed E-state index contributed by atoms with van der Waals surface area (Å²) in [7, 11) is 0. The summed E-state index contributed by atoms with van der Waals surface area (Å²) in [6.07, 6.45) is 0. The van der Waals surface area contributed by atoms with E-state index in [9.17, 15) is 0 Å². The molecule has 0 unspecified atom stereocenters. The summed E-state index contributed by atoms with van der Waals surface area (Å²) < 4.78 is 1.12. The highest BCUT2D eigenvalue weighted by Gasteiger charge is 2.19. The molecule has 0 bridgehead atoms. The zero-order valence-corrected chi connectivity index (χ0v) is 11.1. The van der Waals surface area contributed by atoms with Crippen LogP contribution >= 0.6 is 15.9 Å². The van der Waals surface area contributed by atoms with Crippen molar-refractivity contribution in [3.8, 4) is 0 Å². The van der Waals surface area contributed by atoms with Gasteiger partial charge in [0.25, 0.3) is 0 Å². The number of nitrogens with zero attached hydrogens (tertiary/aromatic N) is 1. The van der Waals surface area contributed by atoms with E-state index in [4.69, 9.17) is 0 Å². The molecule has 0 fully saturated rings. The average Bonchev–Trinajstić information content (AvgIpc) is 2.45. The first-order valence-corrected chi connectivity index (χ1v) is 5.83. The molecule has 0 radical (unpaired) electrons. The van der Waals surface area contributed by atoms with E-state index in [-0.39, 0.29) is 5.41 Å². The molecule has 2 rings (SSSR count). The summed E-state index contributed by atoms with van der Waals surface area (Å²) in [5.74, 6) is 0. The number of aromatic amines is 1. The van der Waals surface area contributed by atoms with E-state index < -0.39 is 0 Å². The molecule has 0 aliphatic carbocycles. The van der Waals surface area contributed by atoms with E-state index >= 15 is 0 Å². The van der Waals surface area contributed by atoms with Gasteiger partial charge in [-0.1, -0.05) is 36.7 Å². The van der Waals surface area contributed by atoms with E-state index in [2.05, 4.69) is 59.0 Å². The van der Waals surface area contributed by atoms with Gasteiger partial charge < -0.3 is 0 Å².